The van der Waals surface area contributed by atoms with Gasteiger partial charge >= 0.3 is 12.0 Å². The Labute approximate surface area is 210 Å². The molecule has 0 bridgehead atoms. The normalized spacial score (nSPS) is 18.5. The summed E-state index contributed by atoms with van der Waals surface area (Å²) in [4.78, 5) is 34.4. The molecule has 36 heavy (non-hydrogen) atoms. The van der Waals surface area contributed by atoms with Gasteiger partial charge in [-0.2, -0.15) is 5.26 Å². The van der Waals surface area contributed by atoms with E-state index < -0.39 is 12.0 Å². The van der Waals surface area contributed by atoms with Gasteiger partial charge in [0.15, 0.2) is 0 Å². The third kappa shape index (κ3) is 5.58. The molecular formula is C26H30N6O4. The standard InChI is InChI=1S/C26H30N6O4/c1-3-36-25(33)22-21(29-26(34)30-23(22)18-7-9-20(35-2)10-8-18)17-31-12-5-13-32(15-14-31)24-19(16-27)6-4-11-28-24/h4,6-11,23H,3,5,12-15,17H2,1-2H3,(H2,29,30,34). The monoisotopic (exact) mass is 490 g/mol. The number of aromatic nitrogens is 1. The largest absolute Gasteiger partial charge is 0.497 e. The Kier molecular flexibility index (Phi) is 8.02. The molecule has 0 radical (unpaired) electrons. The van der Waals surface area contributed by atoms with Crippen LogP contribution >= 0.6 is 0 Å². The van der Waals surface area contributed by atoms with Crippen LogP contribution in [0.15, 0.2) is 53.9 Å². The van der Waals surface area contributed by atoms with E-state index in [0.717, 1.165) is 25.1 Å². The number of esters is 1. The molecule has 0 aliphatic carbocycles. The number of hydrogen-bond donors (Lipinski definition) is 2. The van der Waals surface area contributed by atoms with Crippen LogP contribution in [0.5, 0.6) is 5.75 Å². The van der Waals surface area contributed by atoms with Crippen LogP contribution in [0.2, 0.25) is 0 Å². The van der Waals surface area contributed by atoms with E-state index in [1.54, 1.807) is 44.5 Å². The minimum Gasteiger partial charge on any atom is -0.497 e. The molecule has 0 spiro atoms. The van der Waals surface area contributed by atoms with E-state index in [9.17, 15) is 14.9 Å². The van der Waals surface area contributed by atoms with Gasteiger partial charge in [-0.25, -0.2) is 14.6 Å². The third-order valence-corrected chi connectivity index (χ3v) is 6.28. The van der Waals surface area contributed by atoms with Crippen molar-refractivity contribution in [1.29, 1.82) is 5.26 Å². The van der Waals surface area contributed by atoms with Crippen molar-refractivity contribution in [2.75, 3.05) is 51.3 Å². The number of amides is 2. The molecule has 2 amide bonds. The maximum absolute atomic E-state index is 13.1. The van der Waals surface area contributed by atoms with E-state index >= 15 is 0 Å². The third-order valence-electron chi connectivity index (χ3n) is 6.28. The van der Waals surface area contributed by atoms with E-state index in [2.05, 4.69) is 31.5 Å². The first-order valence-corrected chi connectivity index (χ1v) is 12.0. The van der Waals surface area contributed by atoms with Gasteiger partial charge in [0.2, 0.25) is 0 Å². The maximum Gasteiger partial charge on any atom is 0.338 e. The Morgan fingerprint density at radius 2 is 2.00 bits per heavy atom. The number of nitriles is 1. The number of carbonyl (C=O) groups excluding carboxylic acids is 2. The summed E-state index contributed by atoms with van der Waals surface area (Å²) in [5, 5.41) is 15.2. The van der Waals surface area contributed by atoms with Crippen LogP contribution in [0.25, 0.3) is 0 Å². The SMILES string of the molecule is CCOC(=O)C1=C(CN2CCCN(c3ncccc3C#N)CC2)NC(=O)NC1c1ccc(OC)cc1. The fraction of sp³-hybridized carbons (Fsp3) is 0.385. The molecule has 2 aliphatic rings. The molecular weight excluding hydrogens is 460 g/mol. The highest BCUT2D eigenvalue weighted by Gasteiger charge is 2.34. The van der Waals surface area contributed by atoms with Crippen LogP contribution in [0, 0.1) is 11.3 Å². The zero-order chi connectivity index (χ0) is 25.5. The molecule has 1 saturated heterocycles. The van der Waals surface area contributed by atoms with Gasteiger partial charge in [-0.15, -0.1) is 0 Å². The van der Waals surface area contributed by atoms with Gasteiger partial charge in [-0.05, 0) is 43.2 Å². The van der Waals surface area contributed by atoms with Crippen LogP contribution in [-0.4, -0.2) is 68.3 Å². The second-order valence-electron chi connectivity index (χ2n) is 8.52. The summed E-state index contributed by atoms with van der Waals surface area (Å²) in [6.45, 7) is 5.24. The summed E-state index contributed by atoms with van der Waals surface area (Å²) in [7, 11) is 1.58. The van der Waals surface area contributed by atoms with Crippen molar-refractivity contribution in [3.05, 3.63) is 65.0 Å². The maximum atomic E-state index is 13.1. The van der Waals surface area contributed by atoms with Crippen LogP contribution < -0.4 is 20.3 Å². The van der Waals surface area contributed by atoms with Gasteiger partial charge in [0.05, 0.1) is 30.9 Å². The number of urea groups is 1. The van der Waals surface area contributed by atoms with Crippen molar-refractivity contribution in [2.45, 2.75) is 19.4 Å². The summed E-state index contributed by atoms with van der Waals surface area (Å²) in [5.74, 6) is 0.898. The highest BCUT2D eigenvalue weighted by molar-refractivity contribution is 5.95. The molecule has 1 atom stereocenters. The first-order chi connectivity index (χ1) is 17.5. The van der Waals surface area contributed by atoms with E-state index in [0.29, 0.717) is 48.0 Å². The highest BCUT2D eigenvalue weighted by atomic mass is 16.5. The molecule has 0 saturated carbocycles. The Morgan fingerprint density at radius 3 is 2.72 bits per heavy atom. The number of methoxy groups -OCH3 is 1. The predicted molar refractivity (Wildman–Crippen MR) is 133 cm³/mol. The second-order valence-corrected chi connectivity index (χ2v) is 8.52. The average Bonchev–Trinajstić information content (AvgIpc) is 3.14. The smallest absolute Gasteiger partial charge is 0.338 e. The number of benzene rings is 1. The summed E-state index contributed by atoms with van der Waals surface area (Å²) in [6.07, 6.45) is 2.54. The fourth-order valence-corrected chi connectivity index (χ4v) is 4.54. The lowest BCUT2D eigenvalue weighted by molar-refractivity contribution is -0.139. The lowest BCUT2D eigenvalue weighted by Gasteiger charge is -2.32. The molecule has 3 heterocycles. The molecule has 1 aromatic carbocycles. The van der Waals surface area contributed by atoms with Gasteiger partial charge in [-0.1, -0.05) is 12.1 Å². The molecule has 2 aromatic rings. The zero-order valence-electron chi connectivity index (χ0n) is 20.5. The molecule has 1 aromatic heterocycles. The Bertz CT molecular complexity index is 1170. The average molecular weight is 491 g/mol. The molecule has 2 aliphatic heterocycles. The number of anilines is 1. The molecule has 10 heteroatoms. The zero-order valence-corrected chi connectivity index (χ0v) is 20.5. The van der Waals surface area contributed by atoms with Crippen molar-refractivity contribution >= 4 is 17.8 Å². The first-order valence-electron chi connectivity index (χ1n) is 12.0. The van der Waals surface area contributed by atoms with Crippen molar-refractivity contribution < 1.29 is 19.1 Å². The minimum atomic E-state index is -0.645. The van der Waals surface area contributed by atoms with E-state index in [1.165, 1.54) is 0 Å². The minimum absolute atomic E-state index is 0.225. The summed E-state index contributed by atoms with van der Waals surface area (Å²) in [5.41, 5.74) is 2.22. The summed E-state index contributed by atoms with van der Waals surface area (Å²) in [6, 6.07) is 12.0. The molecule has 2 N–H and O–H groups in total. The van der Waals surface area contributed by atoms with Gasteiger partial charge < -0.3 is 25.0 Å². The van der Waals surface area contributed by atoms with Crippen molar-refractivity contribution in [3.8, 4) is 11.8 Å². The van der Waals surface area contributed by atoms with E-state index in [1.807, 2.05) is 12.1 Å². The molecule has 1 unspecified atom stereocenters. The fourth-order valence-electron chi connectivity index (χ4n) is 4.54. The molecule has 188 valence electrons. The van der Waals surface area contributed by atoms with Crippen molar-refractivity contribution in [3.63, 3.8) is 0 Å². The van der Waals surface area contributed by atoms with Crippen LogP contribution in [-0.2, 0) is 9.53 Å². The summed E-state index contributed by atoms with van der Waals surface area (Å²) < 4.78 is 10.6. The van der Waals surface area contributed by atoms with Crippen molar-refractivity contribution in [2.24, 2.45) is 0 Å². The van der Waals surface area contributed by atoms with Gasteiger partial charge in [-0.3, -0.25) is 4.90 Å². The number of nitrogens with one attached hydrogen (secondary N) is 2. The molecule has 1 fully saturated rings. The molecule has 10 nitrogen and oxygen atoms in total. The first kappa shape index (κ1) is 25.0. The van der Waals surface area contributed by atoms with Gasteiger partial charge in [0.1, 0.15) is 17.6 Å². The van der Waals surface area contributed by atoms with Gasteiger partial charge in [0, 0.05) is 44.6 Å². The van der Waals surface area contributed by atoms with E-state index in [-0.39, 0.29) is 12.6 Å². The Balaban J connectivity index is 1.58. The topological polar surface area (TPSA) is 120 Å². The number of hydrogen-bond acceptors (Lipinski definition) is 8. The lowest BCUT2D eigenvalue weighted by atomic mass is 9.95. The number of pyridine rings is 1. The quantitative estimate of drug-likeness (QED) is 0.568. The number of rotatable bonds is 7. The summed E-state index contributed by atoms with van der Waals surface area (Å²) >= 11 is 0. The van der Waals surface area contributed by atoms with E-state index in [4.69, 9.17) is 9.47 Å². The Morgan fingerprint density at radius 1 is 1.19 bits per heavy atom. The van der Waals surface area contributed by atoms with Crippen LogP contribution in [0.4, 0.5) is 10.6 Å². The van der Waals surface area contributed by atoms with Gasteiger partial charge in [0.25, 0.3) is 0 Å². The number of carbonyl (C=O) groups is 2. The Hall–Kier alpha value is -4.10. The molecule has 4 rings (SSSR count). The lowest BCUT2D eigenvalue weighted by Crippen LogP contribution is -2.48. The van der Waals surface area contributed by atoms with Crippen molar-refractivity contribution in [1.82, 2.24) is 20.5 Å². The van der Waals surface area contributed by atoms with Crippen LogP contribution in [0.3, 0.4) is 0 Å². The predicted octanol–water partition coefficient (Wildman–Crippen LogP) is 2.35. The number of nitrogens with zero attached hydrogens (tertiary/aromatic N) is 4. The second kappa shape index (κ2) is 11.6. The number of ether oxygens (including phenoxy) is 2. The van der Waals surface area contributed by atoms with Crippen LogP contribution in [0.1, 0.15) is 30.5 Å². The highest BCUT2D eigenvalue weighted by Crippen LogP contribution is 2.29.